The van der Waals surface area contributed by atoms with E-state index in [0.29, 0.717) is 30.4 Å². The molecule has 1 aliphatic heterocycles. The Labute approximate surface area is 217 Å². The van der Waals surface area contributed by atoms with Crippen LogP contribution in [0.4, 0.5) is 11.4 Å². The van der Waals surface area contributed by atoms with E-state index >= 15 is 0 Å². The standard InChI is InChI=1S/C26H32N5O3PS/c1-6-34-35-20-16-18(30-36-5)12-13-19(20)27-24(29-35)21-23(32)22(17-10-8-7-9-11-17)28-31(25(21)33)15-14-26(2,3)4/h7-13,16,30,32H,6,14-15H2,1-5H3,(H,27,29). The normalized spacial score (nSPS) is 15.1. The number of aryl methyl sites for hydroxylation is 1. The van der Waals surface area contributed by atoms with Crippen molar-refractivity contribution in [1.82, 2.24) is 14.9 Å². The monoisotopic (exact) mass is 525 g/mol. The van der Waals surface area contributed by atoms with Crippen LogP contribution in [0.5, 0.6) is 5.75 Å². The Bertz CT molecular complexity index is 1320. The van der Waals surface area contributed by atoms with Crippen LogP contribution in [0.25, 0.3) is 11.3 Å². The SMILES string of the molecule is CCOP1NC(c2c(O)c(-c3ccccc3)nn(CCC(C)(C)C)c2=O)=Nc2ccc(NSC)cc21. The first-order valence-corrected chi connectivity index (χ1v) is 14.3. The molecule has 2 heterocycles. The number of amidine groups is 1. The predicted molar refractivity (Wildman–Crippen MR) is 151 cm³/mol. The van der Waals surface area contributed by atoms with Crippen LogP contribution >= 0.6 is 20.2 Å². The lowest BCUT2D eigenvalue weighted by molar-refractivity contribution is 0.335. The molecule has 10 heteroatoms. The van der Waals surface area contributed by atoms with Crippen molar-refractivity contribution in [3.63, 3.8) is 0 Å². The molecule has 0 saturated heterocycles. The van der Waals surface area contributed by atoms with Crippen molar-refractivity contribution in [2.45, 2.75) is 40.7 Å². The third-order valence-electron chi connectivity index (χ3n) is 5.60. The van der Waals surface area contributed by atoms with E-state index in [1.807, 2.05) is 61.7 Å². The molecule has 0 saturated carbocycles. The van der Waals surface area contributed by atoms with E-state index in [4.69, 9.17) is 9.52 Å². The van der Waals surface area contributed by atoms with Crippen LogP contribution < -0.4 is 20.7 Å². The number of hydrogen-bond donors (Lipinski definition) is 3. The molecule has 0 spiro atoms. The Morgan fingerprint density at radius 3 is 2.61 bits per heavy atom. The zero-order valence-corrected chi connectivity index (χ0v) is 22.9. The third kappa shape index (κ3) is 5.75. The summed E-state index contributed by atoms with van der Waals surface area (Å²) in [4.78, 5) is 18.4. The van der Waals surface area contributed by atoms with Gasteiger partial charge < -0.3 is 19.4 Å². The number of nitrogens with one attached hydrogen (secondary N) is 2. The number of fused-ring (bicyclic) bond motifs is 1. The number of aliphatic imine (C=N–C) groups is 1. The van der Waals surface area contributed by atoms with Gasteiger partial charge >= 0.3 is 0 Å². The quantitative estimate of drug-likeness (QED) is 0.268. The molecule has 1 atom stereocenters. The van der Waals surface area contributed by atoms with Crippen molar-refractivity contribution in [2.75, 3.05) is 17.6 Å². The Hall–Kier alpha value is -2.87. The van der Waals surface area contributed by atoms with E-state index in [9.17, 15) is 9.90 Å². The molecule has 8 nitrogen and oxygen atoms in total. The van der Waals surface area contributed by atoms with Crippen molar-refractivity contribution in [3.05, 3.63) is 64.4 Å². The number of nitrogens with zero attached hydrogens (tertiary/aromatic N) is 3. The van der Waals surface area contributed by atoms with Crippen LogP contribution in [0.2, 0.25) is 0 Å². The first-order chi connectivity index (χ1) is 17.2. The first-order valence-electron chi connectivity index (χ1n) is 11.8. The Balaban J connectivity index is 1.89. The van der Waals surface area contributed by atoms with Crippen LogP contribution in [-0.2, 0) is 11.1 Å². The Morgan fingerprint density at radius 1 is 1.19 bits per heavy atom. The van der Waals surface area contributed by atoms with Crippen molar-refractivity contribution in [2.24, 2.45) is 10.4 Å². The molecule has 0 amide bonds. The minimum Gasteiger partial charge on any atom is -0.505 e. The average molecular weight is 526 g/mol. The Kier molecular flexibility index (Phi) is 8.03. The van der Waals surface area contributed by atoms with E-state index < -0.39 is 13.9 Å². The maximum atomic E-state index is 13.7. The van der Waals surface area contributed by atoms with Crippen molar-refractivity contribution < 1.29 is 9.63 Å². The molecule has 3 aromatic rings. The summed E-state index contributed by atoms with van der Waals surface area (Å²) in [5, 5.41) is 20.2. The lowest BCUT2D eigenvalue weighted by Crippen LogP contribution is -2.37. The van der Waals surface area contributed by atoms with Gasteiger partial charge in [0.1, 0.15) is 17.1 Å². The smallest absolute Gasteiger partial charge is 0.281 e. The predicted octanol–water partition coefficient (Wildman–Crippen LogP) is 5.40. The molecule has 36 heavy (non-hydrogen) atoms. The van der Waals surface area contributed by atoms with Gasteiger partial charge in [-0.2, -0.15) is 5.10 Å². The van der Waals surface area contributed by atoms with E-state index in [1.165, 1.54) is 16.6 Å². The van der Waals surface area contributed by atoms with Gasteiger partial charge in [0.05, 0.1) is 17.6 Å². The molecule has 190 valence electrons. The molecule has 0 bridgehead atoms. The number of hydrogen-bond acceptors (Lipinski definition) is 8. The van der Waals surface area contributed by atoms with Gasteiger partial charge in [-0.15, -0.1) is 0 Å². The second-order valence-corrected chi connectivity index (χ2v) is 11.7. The van der Waals surface area contributed by atoms with Gasteiger partial charge in [-0.25, -0.2) is 9.67 Å². The molecule has 0 radical (unpaired) electrons. The van der Waals surface area contributed by atoms with E-state index in [-0.39, 0.29) is 16.7 Å². The number of aromatic nitrogens is 2. The van der Waals surface area contributed by atoms with Gasteiger partial charge in [-0.05, 0) is 37.0 Å². The second-order valence-electron chi connectivity index (χ2n) is 9.57. The van der Waals surface area contributed by atoms with Crippen molar-refractivity contribution in [3.8, 4) is 17.0 Å². The van der Waals surface area contributed by atoms with E-state index in [2.05, 4.69) is 35.7 Å². The fourth-order valence-electron chi connectivity index (χ4n) is 3.77. The topological polar surface area (TPSA) is 101 Å². The highest BCUT2D eigenvalue weighted by Crippen LogP contribution is 2.41. The molecule has 4 rings (SSSR count). The van der Waals surface area contributed by atoms with Gasteiger partial charge in [0.2, 0.25) is 0 Å². The maximum Gasteiger partial charge on any atom is 0.281 e. The molecule has 1 unspecified atom stereocenters. The fourth-order valence-corrected chi connectivity index (χ4v) is 5.65. The molecule has 0 fully saturated rings. The molecule has 1 aliphatic rings. The zero-order chi connectivity index (χ0) is 25.9. The van der Waals surface area contributed by atoms with Crippen LogP contribution in [0, 0.1) is 5.41 Å². The molecular formula is C26H32N5O3PS. The van der Waals surface area contributed by atoms with E-state index in [1.54, 1.807) is 0 Å². The highest BCUT2D eigenvalue weighted by atomic mass is 32.2. The van der Waals surface area contributed by atoms with Crippen LogP contribution in [0.15, 0.2) is 58.3 Å². The molecular weight excluding hydrogens is 493 g/mol. The van der Waals surface area contributed by atoms with Gasteiger partial charge in [0.25, 0.3) is 5.56 Å². The zero-order valence-electron chi connectivity index (χ0n) is 21.2. The second kappa shape index (κ2) is 11.0. The summed E-state index contributed by atoms with van der Waals surface area (Å²) in [5.41, 5.74) is 2.43. The number of rotatable bonds is 8. The minimum atomic E-state index is -1.31. The summed E-state index contributed by atoms with van der Waals surface area (Å²) in [7, 11) is -1.31. The van der Waals surface area contributed by atoms with Gasteiger partial charge in [0.15, 0.2) is 14.0 Å². The van der Waals surface area contributed by atoms with Gasteiger partial charge in [0, 0.05) is 24.1 Å². The van der Waals surface area contributed by atoms with Crippen molar-refractivity contribution >= 4 is 42.8 Å². The van der Waals surface area contributed by atoms with Crippen LogP contribution in [0.1, 0.15) is 39.7 Å². The van der Waals surface area contributed by atoms with Gasteiger partial charge in [-0.3, -0.25) is 4.79 Å². The summed E-state index contributed by atoms with van der Waals surface area (Å²) >= 11 is 1.50. The molecule has 2 aromatic carbocycles. The average Bonchev–Trinajstić information content (AvgIpc) is 2.84. The summed E-state index contributed by atoms with van der Waals surface area (Å²) in [6.07, 6.45) is 2.71. The maximum absolute atomic E-state index is 13.7. The first kappa shape index (κ1) is 26.2. The largest absolute Gasteiger partial charge is 0.505 e. The number of anilines is 1. The fraction of sp³-hybridized carbons (Fsp3) is 0.346. The van der Waals surface area contributed by atoms with Crippen molar-refractivity contribution in [1.29, 1.82) is 0 Å². The summed E-state index contributed by atoms with van der Waals surface area (Å²) in [6, 6.07) is 15.2. The lowest BCUT2D eigenvalue weighted by Gasteiger charge is -2.27. The van der Waals surface area contributed by atoms with Gasteiger partial charge in [-0.1, -0.05) is 63.1 Å². The summed E-state index contributed by atoms with van der Waals surface area (Å²) in [6.45, 7) is 9.20. The molecule has 3 N–H and O–H groups in total. The number of benzene rings is 2. The summed E-state index contributed by atoms with van der Waals surface area (Å²) < 4.78 is 10.7. The third-order valence-corrected chi connectivity index (χ3v) is 7.77. The minimum absolute atomic E-state index is 0.0113. The molecule has 0 aliphatic carbocycles. The van der Waals surface area contributed by atoms with Crippen LogP contribution in [0.3, 0.4) is 0 Å². The number of aromatic hydroxyl groups is 1. The van der Waals surface area contributed by atoms with Crippen LogP contribution in [-0.4, -0.2) is 33.6 Å². The summed E-state index contributed by atoms with van der Waals surface area (Å²) in [5.74, 6) is 0.0965. The lowest BCUT2D eigenvalue weighted by atomic mass is 9.92. The van der Waals surface area contributed by atoms with E-state index in [0.717, 1.165) is 23.0 Å². The molecule has 1 aromatic heterocycles. The highest BCUT2D eigenvalue weighted by molar-refractivity contribution is 7.99. The highest BCUT2D eigenvalue weighted by Gasteiger charge is 2.30. The Morgan fingerprint density at radius 2 is 1.94 bits per heavy atom.